The summed E-state index contributed by atoms with van der Waals surface area (Å²) < 4.78 is 19.7. The van der Waals surface area contributed by atoms with Crippen molar-refractivity contribution < 1.29 is 13.9 Å². The summed E-state index contributed by atoms with van der Waals surface area (Å²) in [5.41, 5.74) is 4.46. The minimum atomic E-state index is -1.18. The highest BCUT2D eigenvalue weighted by Crippen LogP contribution is 2.45. The molecule has 104 valence electrons. The van der Waals surface area contributed by atoms with Crippen LogP contribution in [0.2, 0.25) is 0 Å². The van der Waals surface area contributed by atoms with Crippen LogP contribution in [0.15, 0.2) is 0 Å². The van der Waals surface area contributed by atoms with Crippen LogP contribution < -0.4 is 5.73 Å². The van der Waals surface area contributed by atoms with E-state index >= 15 is 0 Å². The van der Waals surface area contributed by atoms with Crippen molar-refractivity contribution in [1.82, 2.24) is 4.90 Å². The lowest BCUT2D eigenvalue weighted by Gasteiger charge is -2.47. The van der Waals surface area contributed by atoms with Crippen molar-refractivity contribution in [3.63, 3.8) is 0 Å². The zero-order valence-electron chi connectivity index (χ0n) is 11.6. The quantitative estimate of drug-likeness (QED) is 0.724. The van der Waals surface area contributed by atoms with E-state index in [0.29, 0.717) is 12.8 Å². The molecule has 0 aromatic heterocycles. The highest BCUT2D eigenvalue weighted by molar-refractivity contribution is 5.70. The third-order valence-electron chi connectivity index (χ3n) is 4.00. The summed E-state index contributed by atoms with van der Waals surface area (Å²) in [6.07, 6.45) is 0.400. The molecule has 4 nitrogen and oxygen atoms in total. The van der Waals surface area contributed by atoms with Crippen molar-refractivity contribution in [2.24, 2.45) is 5.73 Å². The van der Waals surface area contributed by atoms with Crippen molar-refractivity contribution in [2.75, 3.05) is 0 Å². The molecule has 2 saturated heterocycles. The average molecular weight is 258 g/mol. The van der Waals surface area contributed by atoms with Gasteiger partial charge in [0.15, 0.2) is 0 Å². The highest BCUT2D eigenvalue weighted by Gasteiger charge is 2.57. The lowest BCUT2D eigenvalue weighted by Crippen LogP contribution is -2.64. The van der Waals surface area contributed by atoms with E-state index in [4.69, 9.17) is 10.5 Å². The SMILES string of the molecule is CC(C)(C)OC(=O)N1C2CC[C@@]1(C)[C@H](F)[C@H](N)C2. The molecule has 0 spiro atoms. The van der Waals surface area contributed by atoms with Crippen molar-refractivity contribution >= 4 is 6.09 Å². The number of carbonyl (C=O) groups is 1. The van der Waals surface area contributed by atoms with Gasteiger partial charge in [0.1, 0.15) is 11.8 Å². The maximum Gasteiger partial charge on any atom is 0.411 e. The van der Waals surface area contributed by atoms with Gasteiger partial charge in [0.2, 0.25) is 0 Å². The zero-order chi connectivity index (χ0) is 13.7. The first-order chi connectivity index (χ1) is 8.15. The van der Waals surface area contributed by atoms with Crippen molar-refractivity contribution in [3.8, 4) is 0 Å². The van der Waals surface area contributed by atoms with Crippen molar-refractivity contribution in [2.45, 2.75) is 76.4 Å². The zero-order valence-corrected chi connectivity index (χ0v) is 11.6. The molecule has 0 aromatic carbocycles. The minimum absolute atomic E-state index is 0.0202. The molecule has 2 aliphatic rings. The van der Waals surface area contributed by atoms with Gasteiger partial charge in [0.25, 0.3) is 0 Å². The number of nitrogens with zero attached hydrogens (tertiary/aromatic N) is 1. The molecule has 18 heavy (non-hydrogen) atoms. The first-order valence-corrected chi connectivity index (χ1v) is 6.57. The molecular weight excluding hydrogens is 235 g/mol. The lowest BCUT2D eigenvalue weighted by molar-refractivity contribution is -0.0410. The van der Waals surface area contributed by atoms with Crippen LogP contribution in [-0.2, 0) is 4.74 Å². The fraction of sp³-hybridized carbons (Fsp3) is 0.923. The summed E-state index contributed by atoms with van der Waals surface area (Å²) in [4.78, 5) is 13.8. The van der Waals surface area contributed by atoms with Gasteiger partial charge in [-0.1, -0.05) is 0 Å². The van der Waals surface area contributed by atoms with Gasteiger partial charge in [-0.25, -0.2) is 9.18 Å². The van der Waals surface area contributed by atoms with Gasteiger partial charge in [-0.2, -0.15) is 0 Å². The smallest absolute Gasteiger partial charge is 0.411 e. The van der Waals surface area contributed by atoms with E-state index in [0.717, 1.165) is 6.42 Å². The van der Waals surface area contributed by atoms with Crippen LogP contribution in [0.3, 0.4) is 0 Å². The summed E-state index contributed by atoms with van der Waals surface area (Å²) in [5.74, 6) is 0. The molecule has 0 radical (unpaired) electrons. The van der Waals surface area contributed by atoms with Gasteiger partial charge in [0.05, 0.1) is 5.54 Å². The molecule has 0 saturated carbocycles. The van der Waals surface area contributed by atoms with Crippen LogP contribution in [0.1, 0.15) is 47.0 Å². The standard InChI is InChI=1S/C13H23FN2O2/c1-12(2,3)18-11(17)16-8-5-6-13(16,4)10(14)9(15)7-8/h8-10H,5-7,15H2,1-4H3/t8?,9-,10-,13+/m1/s1. The van der Waals surface area contributed by atoms with Crippen molar-refractivity contribution in [1.29, 1.82) is 0 Å². The summed E-state index contributed by atoms with van der Waals surface area (Å²) in [7, 11) is 0. The number of hydrogen-bond donors (Lipinski definition) is 1. The number of ether oxygens (including phenoxy) is 1. The molecule has 2 aliphatic heterocycles. The van der Waals surface area contributed by atoms with E-state index in [9.17, 15) is 9.18 Å². The first-order valence-electron chi connectivity index (χ1n) is 6.57. The Labute approximate surface area is 108 Å². The average Bonchev–Trinajstić information content (AvgIpc) is 2.47. The van der Waals surface area contributed by atoms with E-state index in [1.807, 2.05) is 20.8 Å². The fourth-order valence-electron chi connectivity index (χ4n) is 3.18. The van der Waals surface area contributed by atoms with Gasteiger partial charge < -0.3 is 10.5 Å². The monoisotopic (exact) mass is 258 g/mol. The number of rotatable bonds is 0. The van der Waals surface area contributed by atoms with E-state index < -0.39 is 29.4 Å². The molecule has 2 rings (SSSR count). The molecule has 2 bridgehead atoms. The molecule has 0 aromatic rings. The van der Waals surface area contributed by atoms with Crippen LogP contribution in [0.4, 0.5) is 9.18 Å². The van der Waals surface area contributed by atoms with Crippen LogP contribution >= 0.6 is 0 Å². The number of nitrogens with two attached hydrogens (primary N) is 1. The Bertz CT molecular complexity index is 355. The number of amides is 1. The Morgan fingerprint density at radius 3 is 2.67 bits per heavy atom. The number of carbonyl (C=O) groups excluding carboxylic acids is 1. The molecule has 5 heteroatoms. The van der Waals surface area contributed by atoms with E-state index in [2.05, 4.69) is 0 Å². The molecule has 4 atom stereocenters. The first kappa shape index (κ1) is 13.6. The van der Waals surface area contributed by atoms with E-state index in [-0.39, 0.29) is 6.04 Å². The summed E-state index contributed by atoms with van der Waals surface area (Å²) >= 11 is 0. The number of halogens is 1. The largest absolute Gasteiger partial charge is 0.444 e. The van der Waals surface area contributed by atoms with Gasteiger partial charge in [-0.3, -0.25) is 4.90 Å². The Balaban J connectivity index is 2.21. The Morgan fingerprint density at radius 1 is 1.50 bits per heavy atom. The molecule has 2 fully saturated rings. The molecule has 2 N–H and O–H groups in total. The third kappa shape index (κ3) is 2.09. The summed E-state index contributed by atoms with van der Waals surface area (Å²) in [6.45, 7) is 7.23. The Morgan fingerprint density at radius 2 is 2.11 bits per heavy atom. The number of piperidine rings is 1. The normalized spacial score (nSPS) is 39.9. The summed E-state index contributed by atoms with van der Waals surface area (Å²) in [5, 5.41) is 0. The van der Waals surface area contributed by atoms with Crippen molar-refractivity contribution in [3.05, 3.63) is 0 Å². The number of alkyl halides is 1. The van der Waals surface area contributed by atoms with Crippen LogP contribution in [0.25, 0.3) is 0 Å². The maximum absolute atomic E-state index is 14.3. The highest BCUT2D eigenvalue weighted by atomic mass is 19.1. The van der Waals surface area contributed by atoms with E-state index in [1.165, 1.54) is 0 Å². The molecule has 1 unspecified atom stereocenters. The Hall–Kier alpha value is -0.840. The molecule has 2 heterocycles. The molecule has 1 amide bonds. The topological polar surface area (TPSA) is 55.6 Å². The van der Waals surface area contributed by atoms with Gasteiger partial charge in [0, 0.05) is 12.1 Å². The Kier molecular flexibility index (Phi) is 3.08. The predicted molar refractivity (Wildman–Crippen MR) is 67.0 cm³/mol. The fourth-order valence-corrected chi connectivity index (χ4v) is 3.18. The number of hydrogen-bond acceptors (Lipinski definition) is 3. The molecule has 0 aliphatic carbocycles. The summed E-state index contributed by atoms with van der Waals surface area (Å²) in [6, 6.07) is -0.451. The van der Waals surface area contributed by atoms with E-state index in [1.54, 1.807) is 11.8 Å². The second-order valence-electron chi connectivity index (χ2n) is 6.70. The van der Waals surface area contributed by atoms with Crippen LogP contribution in [-0.4, -0.2) is 40.4 Å². The van der Waals surface area contributed by atoms with Crippen LogP contribution in [0, 0.1) is 0 Å². The third-order valence-corrected chi connectivity index (χ3v) is 4.00. The van der Waals surface area contributed by atoms with Gasteiger partial charge in [-0.15, -0.1) is 0 Å². The second kappa shape index (κ2) is 4.08. The van der Waals surface area contributed by atoms with Gasteiger partial charge in [-0.05, 0) is 47.0 Å². The number of fused-ring (bicyclic) bond motifs is 2. The second-order valence-corrected chi connectivity index (χ2v) is 6.70. The predicted octanol–water partition coefficient (Wildman–Crippen LogP) is 2.21. The van der Waals surface area contributed by atoms with Crippen LogP contribution in [0.5, 0.6) is 0 Å². The lowest BCUT2D eigenvalue weighted by atomic mass is 9.85. The minimum Gasteiger partial charge on any atom is -0.444 e. The molecular formula is C13H23FN2O2. The maximum atomic E-state index is 14.3. The van der Waals surface area contributed by atoms with Gasteiger partial charge >= 0.3 is 6.09 Å².